The Morgan fingerprint density at radius 2 is 2.13 bits per heavy atom. The second-order valence-corrected chi connectivity index (χ2v) is 3.61. The second-order valence-electron chi connectivity index (χ2n) is 3.61. The number of benzene rings is 1. The highest BCUT2D eigenvalue weighted by Gasteiger charge is 2.25. The van der Waals surface area contributed by atoms with Gasteiger partial charge in [-0.25, -0.2) is 4.79 Å². The van der Waals surface area contributed by atoms with Crippen molar-refractivity contribution >= 4 is 11.8 Å². The molecule has 4 heteroatoms. The molecule has 0 aliphatic heterocycles. The van der Waals surface area contributed by atoms with Gasteiger partial charge in [0, 0.05) is 12.0 Å². The minimum Gasteiger partial charge on any atom is -0.352 e. The summed E-state index contributed by atoms with van der Waals surface area (Å²) in [5.74, 6) is 0.133. The number of carbonyl (C=O) groups excluding carboxylic acids is 2. The Hall–Kier alpha value is -1.84. The molecule has 1 aliphatic carbocycles. The molecule has 0 fully saturated rings. The Labute approximate surface area is 87.5 Å². The van der Waals surface area contributed by atoms with Crippen LogP contribution in [-0.4, -0.2) is 11.8 Å². The van der Waals surface area contributed by atoms with E-state index in [1.54, 1.807) is 6.07 Å². The van der Waals surface area contributed by atoms with Crippen molar-refractivity contribution in [1.29, 1.82) is 0 Å². The number of urea groups is 1. The SMILES string of the molecule is NC(=O)N[C@@H]1CCC(=O)c2ccccc21. The van der Waals surface area contributed by atoms with E-state index < -0.39 is 6.03 Å². The van der Waals surface area contributed by atoms with Gasteiger partial charge in [-0.05, 0) is 12.0 Å². The fourth-order valence-electron chi connectivity index (χ4n) is 1.94. The maximum atomic E-state index is 11.6. The second kappa shape index (κ2) is 3.73. The van der Waals surface area contributed by atoms with Crippen LogP contribution >= 0.6 is 0 Å². The summed E-state index contributed by atoms with van der Waals surface area (Å²) >= 11 is 0. The number of nitrogens with one attached hydrogen (secondary N) is 1. The van der Waals surface area contributed by atoms with Crippen molar-refractivity contribution in [3.8, 4) is 0 Å². The number of hydrogen-bond donors (Lipinski definition) is 2. The highest BCUT2D eigenvalue weighted by Crippen LogP contribution is 2.29. The number of ketones is 1. The van der Waals surface area contributed by atoms with E-state index in [1.807, 2.05) is 18.2 Å². The number of carbonyl (C=O) groups is 2. The van der Waals surface area contributed by atoms with Crippen molar-refractivity contribution in [1.82, 2.24) is 5.32 Å². The maximum absolute atomic E-state index is 11.6. The minimum absolute atomic E-state index is 0.128. The molecule has 0 spiro atoms. The Morgan fingerprint density at radius 1 is 1.40 bits per heavy atom. The molecule has 1 atom stereocenters. The highest BCUT2D eigenvalue weighted by atomic mass is 16.2. The van der Waals surface area contributed by atoms with Gasteiger partial charge in [0.1, 0.15) is 0 Å². The van der Waals surface area contributed by atoms with Crippen LogP contribution in [0.2, 0.25) is 0 Å². The van der Waals surface area contributed by atoms with E-state index in [0.29, 0.717) is 18.4 Å². The molecule has 0 bridgehead atoms. The molecule has 15 heavy (non-hydrogen) atoms. The standard InChI is InChI=1S/C11H12N2O2/c12-11(15)13-9-5-6-10(14)8-4-2-1-3-7(8)9/h1-4,9H,5-6H2,(H3,12,13,15)/t9-/m1/s1. The molecule has 0 aromatic heterocycles. The first-order valence-electron chi connectivity index (χ1n) is 4.86. The van der Waals surface area contributed by atoms with Crippen LogP contribution in [0, 0.1) is 0 Å². The molecule has 0 radical (unpaired) electrons. The fourth-order valence-corrected chi connectivity index (χ4v) is 1.94. The Bertz CT molecular complexity index is 415. The van der Waals surface area contributed by atoms with E-state index in [0.717, 1.165) is 5.56 Å². The number of fused-ring (bicyclic) bond motifs is 1. The van der Waals surface area contributed by atoms with E-state index in [2.05, 4.69) is 5.32 Å². The summed E-state index contributed by atoms with van der Waals surface area (Å²) in [5.41, 5.74) is 6.64. The van der Waals surface area contributed by atoms with Crippen LogP contribution in [0.15, 0.2) is 24.3 Å². The molecule has 0 unspecified atom stereocenters. The fraction of sp³-hybridized carbons (Fsp3) is 0.273. The summed E-state index contributed by atoms with van der Waals surface area (Å²) in [5, 5.41) is 2.65. The summed E-state index contributed by atoms with van der Waals surface area (Å²) in [4.78, 5) is 22.4. The van der Waals surface area contributed by atoms with E-state index in [9.17, 15) is 9.59 Å². The molecule has 78 valence electrons. The van der Waals surface area contributed by atoms with E-state index in [-0.39, 0.29) is 11.8 Å². The van der Waals surface area contributed by atoms with Crippen molar-refractivity contribution in [3.63, 3.8) is 0 Å². The largest absolute Gasteiger partial charge is 0.352 e. The van der Waals surface area contributed by atoms with Gasteiger partial charge in [-0.1, -0.05) is 24.3 Å². The first-order chi connectivity index (χ1) is 7.18. The van der Waals surface area contributed by atoms with Crippen molar-refractivity contribution in [3.05, 3.63) is 35.4 Å². The smallest absolute Gasteiger partial charge is 0.312 e. The van der Waals surface area contributed by atoms with Gasteiger partial charge in [0.15, 0.2) is 5.78 Å². The zero-order valence-electron chi connectivity index (χ0n) is 8.19. The third kappa shape index (κ3) is 1.83. The number of Topliss-reactive ketones (excluding diaryl/α,β-unsaturated/α-hetero) is 1. The van der Waals surface area contributed by atoms with Crippen LogP contribution in [0.1, 0.15) is 34.8 Å². The Kier molecular flexibility index (Phi) is 2.41. The van der Waals surface area contributed by atoms with E-state index in [4.69, 9.17) is 5.73 Å². The van der Waals surface area contributed by atoms with Crippen molar-refractivity contribution < 1.29 is 9.59 Å². The molecule has 3 N–H and O–H groups in total. The van der Waals surface area contributed by atoms with Gasteiger partial charge in [0.2, 0.25) is 0 Å². The summed E-state index contributed by atoms with van der Waals surface area (Å²) in [7, 11) is 0. The van der Waals surface area contributed by atoms with Crippen LogP contribution in [0.3, 0.4) is 0 Å². The number of rotatable bonds is 1. The Balaban J connectivity index is 2.36. The van der Waals surface area contributed by atoms with Crippen molar-refractivity contribution in [2.45, 2.75) is 18.9 Å². The molecule has 0 heterocycles. The summed E-state index contributed by atoms with van der Waals surface area (Å²) in [6.45, 7) is 0. The van der Waals surface area contributed by atoms with Crippen LogP contribution in [0.4, 0.5) is 4.79 Å². The first-order valence-corrected chi connectivity index (χ1v) is 4.86. The number of primary amides is 1. The van der Waals surface area contributed by atoms with Crippen molar-refractivity contribution in [2.24, 2.45) is 5.73 Å². The molecule has 4 nitrogen and oxygen atoms in total. The van der Waals surface area contributed by atoms with Gasteiger partial charge in [0.25, 0.3) is 0 Å². The molecule has 0 saturated heterocycles. The lowest BCUT2D eigenvalue weighted by Gasteiger charge is -2.24. The lowest BCUT2D eigenvalue weighted by Crippen LogP contribution is -2.35. The number of amides is 2. The molecular weight excluding hydrogens is 192 g/mol. The normalized spacial score (nSPS) is 19.5. The molecule has 0 saturated carbocycles. The minimum atomic E-state index is -0.552. The Morgan fingerprint density at radius 3 is 2.87 bits per heavy atom. The molecule has 2 amide bonds. The summed E-state index contributed by atoms with van der Waals surface area (Å²) in [6.07, 6.45) is 1.08. The highest BCUT2D eigenvalue weighted by molar-refractivity contribution is 5.98. The third-order valence-electron chi connectivity index (χ3n) is 2.61. The zero-order valence-corrected chi connectivity index (χ0v) is 8.19. The maximum Gasteiger partial charge on any atom is 0.312 e. The van der Waals surface area contributed by atoms with Gasteiger partial charge in [-0.15, -0.1) is 0 Å². The zero-order chi connectivity index (χ0) is 10.8. The average molecular weight is 204 g/mol. The lowest BCUT2D eigenvalue weighted by molar-refractivity contribution is 0.0964. The monoisotopic (exact) mass is 204 g/mol. The number of nitrogens with two attached hydrogens (primary N) is 1. The van der Waals surface area contributed by atoms with E-state index >= 15 is 0 Å². The van der Waals surface area contributed by atoms with Crippen LogP contribution in [0.25, 0.3) is 0 Å². The van der Waals surface area contributed by atoms with E-state index in [1.165, 1.54) is 0 Å². The van der Waals surface area contributed by atoms with Crippen LogP contribution in [-0.2, 0) is 0 Å². The molecular formula is C11H12N2O2. The van der Waals surface area contributed by atoms with Gasteiger partial charge in [-0.3, -0.25) is 4.79 Å². The first kappa shape index (κ1) is 9.71. The average Bonchev–Trinajstić information content (AvgIpc) is 2.22. The quantitative estimate of drug-likeness (QED) is 0.725. The molecule has 1 aliphatic rings. The van der Waals surface area contributed by atoms with Gasteiger partial charge < -0.3 is 11.1 Å². The van der Waals surface area contributed by atoms with Gasteiger partial charge >= 0.3 is 6.03 Å². The van der Waals surface area contributed by atoms with Gasteiger partial charge in [-0.2, -0.15) is 0 Å². The van der Waals surface area contributed by atoms with Gasteiger partial charge in [0.05, 0.1) is 6.04 Å². The lowest BCUT2D eigenvalue weighted by atomic mass is 9.87. The molecule has 2 rings (SSSR count). The van der Waals surface area contributed by atoms with Crippen LogP contribution < -0.4 is 11.1 Å². The molecule has 1 aromatic rings. The summed E-state index contributed by atoms with van der Waals surface area (Å²) in [6, 6.07) is 6.64. The molecule has 1 aromatic carbocycles. The topological polar surface area (TPSA) is 72.2 Å². The number of hydrogen-bond acceptors (Lipinski definition) is 2. The summed E-state index contributed by atoms with van der Waals surface area (Å²) < 4.78 is 0. The predicted octanol–water partition coefficient (Wildman–Crippen LogP) is 1.37. The third-order valence-corrected chi connectivity index (χ3v) is 2.61. The predicted molar refractivity (Wildman–Crippen MR) is 55.5 cm³/mol. The van der Waals surface area contributed by atoms with Crippen LogP contribution in [0.5, 0.6) is 0 Å². The van der Waals surface area contributed by atoms with Crippen molar-refractivity contribution in [2.75, 3.05) is 0 Å².